The van der Waals surface area contributed by atoms with Gasteiger partial charge < -0.3 is 5.32 Å². The molecule has 0 aliphatic rings. The summed E-state index contributed by atoms with van der Waals surface area (Å²) in [6.07, 6.45) is 1.83. The van der Waals surface area contributed by atoms with Crippen molar-refractivity contribution in [3.05, 3.63) is 52.8 Å². The van der Waals surface area contributed by atoms with Crippen LogP contribution >= 0.6 is 11.3 Å². The molecule has 0 aliphatic carbocycles. The fourth-order valence-corrected chi connectivity index (χ4v) is 2.77. The van der Waals surface area contributed by atoms with Crippen LogP contribution in [0, 0.1) is 13.8 Å². The van der Waals surface area contributed by atoms with Crippen molar-refractivity contribution in [1.29, 1.82) is 0 Å². The number of anilines is 1. The van der Waals surface area contributed by atoms with E-state index in [1.54, 1.807) is 11.3 Å². The lowest BCUT2D eigenvalue weighted by atomic mass is 10.2. The first-order chi connectivity index (χ1) is 9.74. The number of hydrogen-bond donors (Lipinski definition) is 2. The van der Waals surface area contributed by atoms with Crippen LogP contribution in [0.5, 0.6) is 0 Å². The molecule has 102 valence electrons. The molecule has 0 bridgehead atoms. The van der Waals surface area contributed by atoms with Gasteiger partial charge in [0, 0.05) is 40.6 Å². The van der Waals surface area contributed by atoms with Gasteiger partial charge in [-0.15, -0.1) is 11.3 Å². The topological polar surface area (TPSA) is 53.6 Å². The number of benzene rings is 1. The monoisotopic (exact) mass is 284 g/mol. The van der Waals surface area contributed by atoms with Gasteiger partial charge in [0.1, 0.15) is 5.01 Å². The van der Waals surface area contributed by atoms with E-state index in [1.807, 2.05) is 25.4 Å². The minimum Gasteiger partial charge on any atom is -0.381 e. The molecule has 3 aromatic rings. The summed E-state index contributed by atoms with van der Waals surface area (Å²) < 4.78 is 0. The lowest BCUT2D eigenvalue weighted by molar-refractivity contribution is 1.02. The van der Waals surface area contributed by atoms with Crippen molar-refractivity contribution in [2.75, 3.05) is 5.32 Å². The maximum atomic E-state index is 4.31. The molecule has 20 heavy (non-hydrogen) atoms. The van der Waals surface area contributed by atoms with Crippen LogP contribution in [0.2, 0.25) is 0 Å². The third-order valence-electron chi connectivity index (χ3n) is 3.31. The van der Waals surface area contributed by atoms with Crippen LogP contribution in [-0.2, 0) is 6.54 Å². The zero-order valence-electron chi connectivity index (χ0n) is 11.5. The van der Waals surface area contributed by atoms with Crippen LogP contribution in [0.4, 0.5) is 5.69 Å². The van der Waals surface area contributed by atoms with E-state index in [1.165, 1.54) is 5.56 Å². The van der Waals surface area contributed by atoms with Crippen molar-refractivity contribution in [3.8, 4) is 10.6 Å². The standard InChI is InChI=1S/C15H16N4S/c1-10-14(11(2)19-18-10)9-17-13-5-3-12(4-6-13)15-16-7-8-20-15/h3-8,17H,9H2,1-2H3,(H,18,19). The van der Waals surface area contributed by atoms with Crippen molar-refractivity contribution in [3.63, 3.8) is 0 Å². The molecule has 5 heteroatoms. The summed E-state index contributed by atoms with van der Waals surface area (Å²) in [5, 5.41) is 13.7. The number of aryl methyl sites for hydroxylation is 2. The van der Waals surface area contributed by atoms with Gasteiger partial charge in [0.2, 0.25) is 0 Å². The van der Waals surface area contributed by atoms with Gasteiger partial charge in [-0.3, -0.25) is 5.10 Å². The van der Waals surface area contributed by atoms with Gasteiger partial charge in [-0.2, -0.15) is 5.10 Å². The Morgan fingerprint density at radius 1 is 1.20 bits per heavy atom. The average Bonchev–Trinajstić information content (AvgIpc) is 3.09. The predicted octanol–water partition coefficient (Wildman–Crippen LogP) is 3.76. The molecule has 0 unspecified atom stereocenters. The van der Waals surface area contributed by atoms with Gasteiger partial charge in [-0.05, 0) is 38.1 Å². The Morgan fingerprint density at radius 2 is 2.00 bits per heavy atom. The molecular weight excluding hydrogens is 268 g/mol. The molecule has 1 aromatic carbocycles. The summed E-state index contributed by atoms with van der Waals surface area (Å²) in [6, 6.07) is 8.36. The quantitative estimate of drug-likeness (QED) is 0.767. The normalized spacial score (nSPS) is 10.7. The highest BCUT2D eigenvalue weighted by molar-refractivity contribution is 7.13. The van der Waals surface area contributed by atoms with E-state index in [-0.39, 0.29) is 0 Å². The predicted molar refractivity (Wildman–Crippen MR) is 82.9 cm³/mol. The fourth-order valence-electron chi connectivity index (χ4n) is 2.12. The van der Waals surface area contributed by atoms with E-state index in [9.17, 15) is 0 Å². The number of aromatic nitrogens is 3. The second-order valence-electron chi connectivity index (χ2n) is 4.68. The molecule has 2 heterocycles. The van der Waals surface area contributed by atoms with E-state index in [0.717, 1.165) is 34.2 Å². The van der Waals surface area contributed by atoms with E-state index < -0.39 is 0 Å². The summed E-state index contributed by atoms with van der Waals surface area (Å²) in [5.41, 5.74) is 5.66. The maximum Gasteiger partial charge on any atom is 0.123 e. The Kier molecular flexibility index (Phi) is 3.52. The Morgan fingerprint density at radius 3 is 2.60 bits per heavy atom. The first-order valence-electron chi connectivity index (χ1n) is 6.48. The first-order valence-corrected chi connectivity index (χ1v) is 7.36. The van der Waals surface area contributed by atoms with E-state index in [4.69, 9.17) is 0 Å². The molecule has 0 saturated carbocycles. The second kappa shape index (κ2) is 5.46. The molecule has 2 aromatic heterocycles. The molecule has 0 amide bonds. The molecule has 3 rings (SSSR count). The number of hydrogen-bond acceptors (Lipinski definition) is 4. The third kappa shape index (κ3) is 2.58. The molecule has 0 fully saturated rings. The summed E-state index contributed by atoms with van der Waals surface area (Å²) >= 11 is 1.65. The summed E-state index contributed by atoms with van der Waals surface area (Å²) in [5.74, 6) is 0. The van der Waals surface area contributed by atoms with E-state index in [2.05, 4.69) is 44.8 Å². The van der Waals surface area contributed by atoms with Gasteiger partial charge in [-0.1, -0.05) is 0 Å². The largest absolute Gasteiger partial charge is 0.381 e. The van der Waals surface area contributed by atoms with E-state index >= 15 is 0 Å². The minimum absolute atomic E-state index is 0.783. The summed E-state index contributed by atoms with van der Waals surface area (Å²) in [6.45, 7) is 4.85. The first kappa shape index (κ1) is 12.9. The lowest BCUT2D eigenvalue weighted by Gasteiger charge is -2.07. The molecule has 0 aliphatic heterocycles. The van der Waals surface area contributed by atoms with Crippen LogP contribution < -0.4 is 5.32 Å². The fraction of sp³-hybridized carbons (Fsp3) is 0.200. The van der Waals surface area contributed by atoms with Crippen LogP contribution in [0.1, 0.15) is 17.0 Å². The molecule has 0 saturated heterocycles. The molecule has 0 spiro atoms. The van der Waals surface area contributed by atoms with Crippen molar-refractivity contribution in [2.24, 2.45) is 0 Å². The number of nitrogens with one attached hydrogen (secondary N) is 2. The maximum absolute atomic E-state index is 4.31. The Hall–Kier alpha value is -2.14. The van der Waals surface area contributed by atoms with Crippen molar-refractivity contribution >= 4 is 17.0 Å². The van der Waals surface area contributed by atoms with Crippen LogP contribution in [0.25, 0.3) is 10.6 Å². The Balaban J connectivity index is 1.70. The smallest absolute Gasteiger partial charge is 0.123 e. The number of aromatic amines is 1. The lowest BCUT2D eigenvalue weighted by Crippen LogP contribution is -2.01. The number of thiazole rings is 1. The second-order valence-corrected chi connectivity index (χ2v) is 5.58. The highest BCUT2D eigenvalue weighted by Gasteiger charge is 2.06. The number of nitrogens with zero attached hydrogens (tertiary/aromatic N) is 2. The summed E-state index contributed by atoms with van der Waals surface area (Å²) in [7, 11) is 0. The average molecular weight is 284 g/mol. The SMILES string of the molecule is Cc1n[nH]c(C)c1CNc1ccc(-c2nccs2)cc1. The summed E-state index contributed by atoms with van der Waals surface area (Å²) in [4.78, 5) is 4.31. The van der Waals surface area contributed by atoms with Crippen LogP contribution in [-0.4, -0.2) is 15.2 Å². The highest BCUT2D eigenvalue weighted by Crippen LogP contribution is 2.23. The van der Waals surface area contributed by atoms with Crippen molar-refractivity contribution in [2.45, 2.75) is 20.4 Å². The third-order valence-corrected chi connectivity index (χ3v) is 4.14. The minimum atomic E-state index is 0.783. The van der Waals surface area contributed by atoms with Crippen molar-refractivity contribution in [1.82, 2.24) is 15.2 Å². The van der Waals surface area contributed by atoms with Gasteiger partial charge in [0.15, 0.2) is 0 Å². The highest BCUT2D eigenvalue weighted by atomic mass is 32.1. The van der Waals surface area contributed by atoms with Crippen LogP contribution in [0.15, 0.2) is 35.8 Å². The van der Waals surface area contributed by atoms with Crippen LogP contribution in [0.3, 0.4) is 0 Å². The van der Waals surface area contributed by atoms with Gasteiger partial charge in [0.25, 0.3) is 0 Å². The van der Waals surface area contributed by atoms with Gasteiger partial charge in [-0.25, -0.2) is 4.98 Å². The molecule has 4 nitrogen and oxygen atoms in total. The number of H-pyrrole nitrogens is 1. The Labute approximate surface area is 121 Å². The molecule has 0 radical (unpaired) electrons. The van der Waals surface area contributed by atoms with Crippen molar-refractivity contribution < 1.29 is 0 Å². The van der Waals surface area contributed by atoms with E-state index in [0.29, 0.717) is 0 Å². The molecular formula is C15H16N4S. The van der Waals surface area contributed by atoms with Gasteiger partial charge >= 0.3 is 0 Å². The zero-order chi connectivity index (χ0) is 13.9. The molecule has 2 N–H and O–H groups in total. The molecule has 0 atom stereocenters. The van der Waals surface area contributed by atoms with Gasteiger partial charge in [0.05, 0.1) is 5.69 Å². The Bertz CT molecular complexity index is 664. The number of rotatable bonds is 4. The zero-order valence-corrected chi connectivity index (χ0v) is 12.3.